The Bertz CT molecular complexity index is 174. The minimum Gasteiger partial charge on any atom is -0.393 e. The van der Waals surface area contributed by atoms with Crippen LogP contribution in [0.25, 0.3) is 0 Å². The molecule has 1 heteroatoms. The van der Waals surface area contributed by atoms with E-state index in [4.69, 9.17) is 0 Å². The summed E-state index contributed by atoms with van der Waals surface area (Å²) in [6.45, 7) is 0. The first-order valence-electron chi connectivity index (χ1n) is 5.01. The third-order valence-electron chi connectivity index (χ3n) is 4.27. The molecular weight excluding hydrogens is 136 g/mol. The summed E-state index contributed by atoms with van der Waals surface area (Å²) in [5.74, 6) is 3.62. The molecule has 1 N–H and O–H groups in total. The van der Waals surface area contributed by atoms with E-state index in [1.807, 2.05) is 0 Å². The van der Waals surface area contributed by atoms with Crippen molar-refractivity contribution in [3.8, 4) is 0 Å². The molecule has 0 aliphatic heterocycles. The van der Waals surface area contributed by atoms with Crippen LogP contribution in [-0.4, -0.2) is 11.2 Å². The standard InChI is InChI=1S/C10H16O/c11-10-5-8-2-6-1-7(8)4-9(10)3-6/h6-11H,1-5H2. The summed E-state index contributed by atoms with van der Waals surface area (Å²) in [4.78, 5) is 0. The van der Waals surface area contributed by atoms with E-state index < -0.39 is 0 Å². The van der Waals surface area contributed by atoms with Crippen molar-refractivity contribution in [3.63, 3.8) is 0 Å². The molecule has 5 atom stereocenters. The second-order valence-electron chi connectivity index (χ2n) is 4.89. The molecule has 3 bridgehead atoms. The van der Waals surface area contributed by atoms with Crippen LogP contribution in [0.4, 0.5) is 0 Å². The molecule has 3 aliphatic carbocycles. The summed E-state index contributed by atoms with van der Waals surface area (Å²) < 4.78 is 0. The molecule has 1 nitrogen and oxygen atoms in total. The van der Waals surface area contributed by atoms with Gasteiger partial charge in [0.05, 0.1) is 6.10 Å². The SMILES string of the molecule is OC1CC2CC3CC1CC2C3. The maximum atomic E-state index is 9.72. The zero-order valence-corrected chi connectivity index (χ0v) is 6.87. The Labute approximate surface area is 67.8 Å². The first-order chi connectivity index (χ1) is 5.33. The first-order valence-corrected chi connectivity index (χ1v) is 5.01. The van der Waals surface area contributed by atoms with Gasteiger partial charge in [0.1, 0.15) is 0 Å². The number of hydrogen-bond donors (Lipinski definition) is 1. The molecule has 3 aliphatic rings. The minimum atomic E-state index is 0.0709. The Kier molecular flexibility index (Phi) is 1.18. The van der Waals surface area contributed by atoms with Crippen LogP contribution >= 0.6 is 0 Å². The fraction of sp³-hybridized carbons (Fsp3) is 1.00. The van der Waals surface area contributed by atoms with Gasteiger partial charge in [0.25, 0.3) is 0 Å². The fourth-order valence-electron chi connectivity index (χ4n) is 3.84. The average Bonchev–Trinajstić information content (AvgIpc) is 2.19. The smallest absolute Gasteiger partial charge is 0.0571 e. The molecule has 11 heavy (non-hydrogen) atoms. The Morgan fingerprint density at radius 2 is 1.36 bits per heavy atom. The average molecular weight is 152 g/mol. The van der Waals surface area contributed by atoms with Gasteiger partial charge in [0, 0.05) is 0 Å². The molecule has 3 saturated carbocycles. The van der Waals surface area contributed by atoms with Crippen LogP contribution in [-0.2, 0) is 0 Å². The van der Waals surface area contributed by atoms with E-state index in [1.165, 1.54) is 25.7 Å². The lowest BCUT2D eigenvalue weighted by Crippen LogP contribution is -2.34. The Hall–Kier alpha value is -0.0400. The Morgan fingerprint density at radius 3 is 2.18 bits per heavy atom. The van der Waals surface area contributed by atoms with Gasteiger partial charge in [-0.3, -0.25) is 0 Å². The molecule has 0 heterocycles. The third kappa shape index (κ3) is 0.807. The maximum Gasteiger partial charge on any atom is 0.0571 e. The molecular formula is C10H16O. The number of rotatable bonds is 0. The first kappa shape index (κ1) is 6.47. The number of hydrogen-bond acceptors (Lipinski definition) is 1. The highest BCUT2D eigenvalue weighted by Crippen LogP contribution is 2.54. The van der Waals surface area contributed by atoms with E-state index >= 15 is 0 Å². The Balaban J connectivity index is 1.93. The maximum absolute atomic E-state index is 9.72. The molecule has 0 radical (unpaired) electrons. The monoisotopic (exact) mass is 152 g/mol. The van der Waals surface area contributed by atoms with E-state index in [2.05, 4.69) is 0 Å². The second-order valence-corrected chi connectivity index (χ2v) is 4.89. The van der Waals surface area contributed by atoms with E-state index in [0.717, 1.165) is 24.2 Å². The molecule has 3 fully saturated rings. The highest BCUT2D eigenvalue weighted by molar-refractivity contribution is 4.98. The van der Waals surface area contributed by atoms with Gasteiger partial charge in [-0.15, -0.1) is 0 Å². The summed E-state index contributed by atoms with van der Waals surface area (Å²) in [5, 5.41) is 9.72. The highest BCUT2D eigenvalue weighted by Gasteiger charge is 2.47. The molecule has 3 rings (SSSR count). The van der Waals surface area contributed by atoms with Crippen LogP contribution in [0.1, 0.15) is 32.1 Å². The van der Waals surface area contributed by atoms with Crippen molar-refractivity contribution in [3.05, 3.63) is 0 Å². The Morgan fingerprint density at radius 1 is 0.727 bits per heavy atom. The molecule has 0 aromatic rings. The van der Waals surface area contributed by atoms with Crippen molar-refractivity contribution in [2.24, 2.45) is 23.7 Å². The summed E-state index contributed by atoms with van der Waals surface area (Å²) in [5.41, 5.74) is 0. The molecule has 0 spiro atoms. The second kappa shape index (κ2) is 2.01. The highest BCUT2D eigenvalue weighted by atomic mass is 16.3. The lowest BCUT2D eigenvalue weighted by Gasteiger charge is -2.37. The van der Waals surface area contributed by atoms with Crippen molar-refractivity contribution >= 4 is 0 Å². The number of fused-ring (bicyclic) bond motifs is 2. The van der Waals surface area contributed by atoms with E-state index in [1.54, 1.807) is 0 Å². The molecule has 0 amide bonds. The van der Waals surface area contributed by atoms with Gasteiger partial charge in [0.15, 0.2) is 0 Å². The number of aliphatic hydroxyl groups is 1. The van der Waals surface area contributed by atoms with Gasteiger partial charge in [0.2, 0.25) is 0 Å². The van der Waals surface area contributed by atoms with Gasteiger partial charge in [-0.1, -0.05) is 0 Å². The fourth-order valence-corrected chi connectivity index (χ4v) is 3.84. The molecule has 62 valence electrons. The van der Waals surface area contributed by atoms with Crippen LogP contribution in [0.3, 0.4) is 0 Å². The van der Waals surface area contributed by atoms with Crippen LogP contribution in [0, 0.1) is 23.7 Å². The summed E-state index contributed by atoms with van der Waals surface area (Å²) in [7, 11) is 0. The van der Waals surface area contributed by atoms with Crippen LogP contribution in [0.15, 0.2) is 0 Å². The van der Waals surface area contributed by atoms with Crippen LogP contribution in [0.5, 0.6) is 0 Å². The molecule has 5 unspecified atom stereocenters. The van der Waals surface area contributed by atoms with Gasteiger partial charge in [-0.05, 0) is 55.8 Å². The van der Waals surface area contributed by atoms with Crippen molar-refractivity contribution in [2.75, 3.05) is 0 Å². The predicted molar refractivity (Wildman–Crippen MR) is 43.1 cm³/mol. The van der Waals surface area contributed by atoms with Crippen molar-refractivity contribution in [2.45, 2.75) is 38.2 Å². The largest absolute Gasteiger partial charge is 0.393 e. The van der Waals surface area contributed by atoms with E-state index in [-0.39, 0.29) is 6.10 Å². The van der Waals surface area contributed by atoms with Gasteiger partial charge >= 0.3 is 0 Å². The zero-order chi connectivity index (χ0) is 7.42. The predicted octanol–water partition coefficient (Wildman–Crippen LogP) is 1.80. The van der Waals surface area contributed by atoms with Crippen LogP contribution < -0.4 is 0 Å². The van der Waals surface area contributed by atoms with Gasteiger partial charge in [-0.25, -0.2) is 0 Å². The quantitative estimate of drug-likeness (QED) is 0.561. The van der Waals surface area contributed by atoms with E-state index in [9.17, 15) is 5.11 Å². The topological polar surface area (TPSA) is 20.2 Å². The zero-order valence-electron chi connectivity index (χ0n) is 6.87. The lowest BCUT2D eigenvalue weighted by molar-refractivity contribution is 0.0145. The van der Waals surface area contributed by atoms with Crippen molar-refractivity contribution < 1.29 is 5.11 Å². The van der Waals surface area contributed by atoms with Crippen molar-refractivity contribution in [1.29, 1.82) is 0 Å². The minimum absolute atomic E-state index is 0.0709. The third-order valence-corrected chi connectivity index (χ3v) is 4.27. The van der Waals surface area contributed by atoms with Crippen LogP contribution in [0.2, 0.25) is 0 Å². The number of aliphatic hydroxyl groups excluding tert-OH is 1. The lowest BCUT2D eigenvalue weighted by atomic mass is 9.71. The molecule has 0 saturated heterocycles. The van der Waals surface area contributed by atoms with Gasteiger partial charge in [-0.2, -0.15) is 0 Å². The molecule has 0 aromatic carbocycles. The summed E-state index contributed by atoms with van der Waals surface area (Å²) in [6, 6.07) is 0. The van der Waals surface area contributed by atoms with Crippen molar-refractivity contribution in [1.82, 2.24) is 0 Å². The molecule has 0 aromatic heterocycles. The van der Waals surface area contributed by atoms with E-state index in [0.29, 0.717) is 5.92 Å². The van der Waals surface area contributed by atoms with Gasteiger partial charge < -0.3 is 5.11 Å². The normalized spacial score (nSPS) is 60.3. The summed E-state index contributed by atoms with van der Waals surface area (Å²) >= 11 is 0. The summed E-state index contributed by atoms with van der Waals surface area (Å²) in [6.07, 6.45) is 6.83.